The van der Waals surface area contributed by atoms with Gasteiger partial charge in [-0.3, -0.25) is 0 Å². The van der Waals surface area contributed by atoms with Crippen LogP contribution in [0.1, 0.15) is 6.92 Å². The van der Waals surface area contributed by atoms with E-state index < -0.39 is 16.5 Å². The monoisotopic (exact) mass is 189 g/mol. The normalized spacial score (nSPS) is 11.2. The van der Waals surface area contributed by atoms with Crippen LogP contribution in [-0.2, 0) is 13.4 Å². The van der Waals surface area contributed by atoms with Crippen LogP contribution in [0.25, 0.3) is 0 Å². The molecule has 0 heterocycles. The van der Waals surface area contributed by atoms with Crippen LogP contribution in [0.4, 0.5) is 0 Å². The highest BCUT2D eigenvalue weighted by atomic mass is 31.2. The van der Waals surface area contributed by atoms with Gasteiger partial charge in [-0.05, 0) is 6.54 Å². The average Bonchev–Trinajstić information content (AvgIpc) is 1.62. The molecule has 60 valence electrons. The predicted octanol–water partition coefficient (Wildman–Crippen LogP) is 0.267. The van der Waals surface area contributed by atoms with Crippen molar-refractivity contribution in [3.05, 3.63) is 0 Å². The lowest BCUT2D eigenvalue weighted by molar-refractivity contribution is 0.371. The zero-order valence-electron chi connectivity index (χ0n) is 5.30. The van der Waals surface area contributed by atoms with Gasteiger partial charge < -0.3 is 5.73 Å². The molecule has 8 heteroatoms. The molecular weight excluding hydrogens is 180 g/mol. The summed E-state index contributed by atoms with van der Waals surface area (Å²) in [5.74, 6) is 0. The Balaban J connectivity index is 0. The van der Waals surface area contributed by atoms with Crippen LogP contribution in [0.2, 0.25) is 0 Å². The molecule has 0 aromatic rings. The third-order valence-corrected chi connectivity index (χ3v) is 1.26. The third-order valence-electron chi connectivity index (χ3n) is 0.140. The van der Waals surface area contributed by atoms with Crippen molar-refractivity contribution in [1.82, 2.24) is 0 Å². The van der Waals surface area contributed by atoms with E-state index in [1.165, 1.54) is 0 Å². The summed E-state index contributed by atoms with van der Waals surface area (Å²) in [6.45, 7) is 2.65. The second kappa shape index (κ2) is 9.04. The Morgan fingerprint density at radius 3 is 1.60 bits per heavy atom. The van der Waals surface area contributed by atoms with Crippen molar-refractivity contribution in [2.45, 2.75) is 6.92 Å². The van der Waals surface area contributed by atoms with Crippen molar-refractivity contribution < 1.29 is 23.2 Å². The van der Waals surface area contributed by atoms with Gasteiger partial charge >= 0.3 is 16.5 Å². The minimum Gasteiger partial charge on any atom is -0.331 e. The molecule has 0 fully saturated rings. The van der Waals surface area contributed by atoms with Gasteiger partial charge in [0.1, 0.15) is 0 Å². The Morgan fingerprint density at radius 1 is 1.40 bits per heavy atom. The van der Waals surface area contributed by atoms with Crippen molar-refractivity contribution >= 4 is 16.5 Å². The molecule has 4 N–H and O–H groups in total. The third kappa shape index (κ3) is 24.4. The predicted molar refractivity (Wildman–Crippen MR) is 35.5 cm³/mol. The van der Waals surface area contributed by atoms with E-state index in [2.05, 4.69) is 4.31 Å². The standard InChI is InChI=1S/C2H7N.O5P2/c1-2-3;1-6(2)5-7(3)4/h2-3H2,1H3;/p+2. The van der Waals surface area contributed by atoms with Gasteiger partial charge in [0, 0.05) is 9.13 Å². The second-order valence-electron chi connectivity index (χ2n) is 0.966. The highest BCUT2D eigenvalue weighted by molar-refractivity contribution is 7.46. The van der Waals surface area contributed by atoms with E-state index in [0.29, 0.717) is 0 Å². The first-order valence-electron chi connectivity index (χ1n) is 2.25. The van der Waals surface area contributed by atoms with Gasteiger partial charge in [0.25, 0.3) is 0 Å². The molecule has 0 spiro atoms. The SMILES string of the molecule is CCN.O=[P+](O)O[P+](=O)O. The summed E-state index contributed by atoms with van der Waals surface area (Å²) in [5, 5.41) is 0. The molecule has 0 rings (SSSR count). The molecule has 0 saturated carbocycles. The first-order valence-corrected chi connectivity index (χ1v) is 4.51. The van der Waals surface area contributed by atoms with Crippen LogP contribution >= 0.6 is 16.5 Å². The highest BCUT2D eigenvalue weighted by Crippen LogP contribution is 2.30. The van der Waals surface area contributed by atoms with E-state index in [4.69, 9.17) is 15.5 Å². The Hall–Kier alpha value is 0.0400. The summed E-state index contributed by atoms with van der Waals surface area (Å²) < 4.78 is 22.2. The van der Waals surface area contributed by atoms with E-state index in [0.717, 1.165) is 6.54 Å². The number of hydrogen-bond acceptors (Lipinski definition) is 4. The summed E-state index contributed by atoms with van der Waals surface area (Å²) in [5.41, 5.74) is 4.85. The summed E-state index contributed by atoms with van der Waals surface area (Å²) in [6, 6.07) is 0. The summed E-state index contributed by atoms with van der Waals surface area (Å²) >= 11 is 0. The highest BCUT2D eigenvalue weighted by Gasteiger charge is 2.31. The Labute approximate surface area is 59.9 Å². The molecule has 0 aliphatic rings. The molecule has 0 radical (unpaired) electrons. The molecule has 0 aliphatic heterocycles. The topological polar surface area (TPSA) is 110 Å². The summed E-state index contributed by atoms with van der Waals surface area (Å²) in [6.07, 6.45) is 0. The lowest BCUT2D eigenvalue weighted by Crippen LogP contribution is -1.87. The Morgan fingerprint density at radius 2 is 1.60 bits per heavy atom. The molecule has 6 nitrogen and oxygen atoms in total. The molecular formula is C2H9NO5P2+2. The lowest BCUT2D eigenvalue weighted by atomic mass is 10.8. The molecule has 0 aromatic carbocycles. The van der Waals surface area contributed by atoms with Crippen molar-refractivity contribution in [3.8, 4) is 0 Å². The van der Waals surface area contributed by atoms with Crippen LogP contribution in [0.5, 0.6) is 0 Å². The molecule has 0 amide bonds. The second-order valence-corrected chi connectivity index (χ2v) is 2.57. The zero-order chi connectivity index (χ0) is 8.57. The van der Waals surface area contributed by atoms with Crippen LogP contribution in [0.3, 0.4) is 0 Å². The molecule has 0 saturated heterocycles. The van der Waals surface area contributed by atoms with Gasteiger partial charge in [0.2, 0.25) is 0 Å². The van der Waals surface area contributed by atoms with E-state index >= 15 is 0 Å². The molecule has 2 unspecified atom stereocenters. The maximum Gasteiger partial charge on any atom is 0.745 e. The van der Waals surface area contributed by atoms with Gasteiger partial charge in [0.15, 0.2) is 4.31 Å². The quantitative estimate of drug-likeness (QED) is 0.537. The van der Waals surface area contributed by atoms with Crippen molar-refractivity contribution in [2.24, 2.45) is 5.73 Å². The van der Waals surface area contributed by atoms with E-state index in [-0.39, 0.29) is 0 Å². The number of nitrogens with two attached hydrogens (primary N) is 1. The van der Waals surface area contributed by atoms with Crippen molar-refractivity contribution in [1.29, 1.82) is 0 Å². The van der Waals surface area contributed by atoms with E-state index in [1.807, 2.05) is 6.92 Å². The molecule has 0 aliphatic carbocycles. The summed E-state index contributed by atoms with van der Waals surface area (Å²) in [7, 11) is -5.85. The van der Waals surface area contributed by atoms with Crippen LogP contribution in [0, 0.1) is 0 Å². The van der Waals surface area contributed by atoms with Gasteiger partial charge in [-0.1, -0.05) is 6.92 Å². The lowest BCUT2D eigenvalue weighted by Gasteiger charge is -1.53. The van der Waals surface area contributed by atoms with Crippen molar-refractivity contribution in [3.63, 3.8) is 0 Å². The van der Waals surface area contributed by atoms with Gasteiger partial charge in [-0.2, -0.15) is 0 Å². The van der Waals surface area contributed by atoms with Gasteiger partial charge in [-0.25, -0.2) is 0 Å². The Kier molecular flexibility index (Phi) is 11.5. The zero-order valence-corrected chi connectivity index (χ0v) is 7.09. The largest absolute Gasteiger partial charge is 0.745 e. The van der Waals surface area contributed by atoms with Gasteiger partial charge in [-0.15, -0.1) is 9.79 Å². The van der Waals surface area contributed by atoms with Crippen LogP contribution in [-0.4, -0.2) is 16.3 Å². The fraction of sp³-hybridized carbons (Fsp3) is 1.00. The molecule has 10 heavy (non-hydrogen) atoms. The van der Waals surface area contributed by atoms with E-state index in [1.54, 1.807) is 0 Å². The van der Waals surface area contributed by atoms with Crippen molar-refractivity contribution in [2.75, 3.05) is 6.54 Å². The smallest absolute Gasteiger partial charge is 0.331 e. The number of hydrogen-bond donors (Lipinski definition) is 3. The first kappa shape index (κ1) is 12.7. The van der Waals surface area contributed by atoms with Gasteiger partial charge in [0.05, 0.1) is 0 Å². The minimum absolute atomic E-state index is 0.750. The summed E-state index contributed by atoms with van der Waals surface area (Å²) in [4.78, 5) is 15.3. The van der Waals surface area contributed by atoms with Crippen LogP contribution in [0.15, 0.2) is 0 Å². The van der Waals surface area contributed by atoms with E-state index in [9.17, 15) is 9.13 Å². The fourth-order valence-electron chi connectivity index (χ4n) is 0.0598. The average molecular weight is 189 g/mol. The Bertz CT molecular complexity index is 104. The number of rotatable bonds is 2. The molecule has 2 atom stereocenters. The molecule has 0 bridgehead atoms. The maximum atomic E-state index is 9.39. The first-order chi connectivity index (χ1) is 4.54. The fourth-order valence-corrected chi connectivity index (χ4v) is 0.538. The van der Waals surface area contributed by atoms with Crippen LogP contribution < -0.4 is 5.73 Å². The molecule has 0 aromatic heterocycles. The maximum absolute atomic E-state index is 9.39. The minimum atomic E-state index is -2.92.